The van der Waals surface area contributed by atoms with E-state index in [-0.39, 0.29) is 11.1 Å². The van der Waals surface area contributed by atoms with Crippen LogP contribution in [0.1, 0.15) is 86.2 Å². The third-order valence-corrected chi connectivity index (χ3v) is 6.15. The second-order valence-corrected chi connectivity index (χ2v) is 7.87. The molecular weight excluding hydrogens is 328 g/mol. The molecule has 1 aromatic rings. The number of aromatic carboxylic acids is 2. The van der Waals surface area contributed by atoms with Gasteiger partial charge in [0, 0.05) is 0 Å². The van der Waals surface area contributed by atoms with Crippen LogP contribution in [-0.2, 0) is 12.8 Å². The van der Waals surface area contributed by atoms with Crippen molar-refractivity contribution >= 4 is 11.9 Å². The van der Waals surface area contributed by atoms with Gasteiger partial charge < -0.3 is 10.2 Å². The van der Waals surface area contributed by atoms with E-state index in [1.54, 1.807) is 0 Å². The predicted molar refractivity (Wildman–Crippen MR) is 105 cm³/mol. The SMILES string of the molecule is CCC(C)C(C)Cc1ccc(C(=O)O)c(C(=O)O)c1CC(C)C(C)CC. The van der Waals surface area contributed by atoms with E-state index in [2.05, 4.69) is 41.5 Å². The van der Waals surface area contributed by atoms with Crippen LogP contribution in [0.4, 0.5) is 0 Å². The molecule has 4 heteroatoms. The van der Waals surface area contributed by atoms with Crippen molar-refractivity contribution in [2.24, 2.45) is 23.7 Å². The van der Waals surface area contributed by atoms with E-state index in [9.17, 15) is 19.8 Å². The molecule has 4 atom stereocenters. The van der Waals surface area contributed by atoms with E-state index in [1.165, 1.54) is 6.07 Å². The molecule has 0 radical (unpaired) electrons. The lowest BCUT2D eigenvalue weighted by Gasteiger charge is -2.25. The summed E-state index contributed by atoms with van der Waals surface area (Å²) in [4.78, 5) is 23.5. The Morgan fingerprint density at radius 3 is 1.73 bits per heavy atom. The average molecular weight is 363 g/mol. The fourth-order valence-corrected chi connectivity index (χ4v) is 3.41. The highest BCUT2D eigenvalue weighted by molar-refractivity contribution is 6.03. The van der Waals surface area contributed by atoms with E-state index in [1.807, 2.05) is 6.07 Å². The lowest BCUT2D eigenvalue weighted by molar-refractivity contribution is 0.0650. The summed E-state index contributed by atoms with van der Waals surface area (Å²) in [5.41, 5.74) is 1.56. The Kier molecular flexibility index (Phi) is 8.32. The van der Waals surface area contributed by atoms with Gasteiger partial charge in [0.2, 0.25) is 0 Å². The van der Waals surface area contributed by atoms with Gasteiger partial charge in [-0.25, -0.2) is 9.59 Å². The van der Waals surface area contributed by atoms with Crippen LogP contribution in [0.15, 0.2) is 12.1 Å². The second-order valence-electron chi connectivity index (χ2n) is 7.87. The zero-order valence-corrected chi connectivity index (χ0v) is 17.0. The van der Waals surface area contributed by atoms with E-state index >= 15 is 0 Å². The van der Waals surface area contributed by atoms with Crippen molar-refractivity contribution in [3.8, 4) is 0 Å². The van der Waals surface area contributed by atoms with Crippen molar-refractivity contribution in [3.05, 3.63) is 34.4 Å². The van der Waals surface area contributed by atoms with Crippen molar-refractivity contribution < 1.29 is 19.8 Å². The molecule has 0 aliphatic carbocycles. The highest BCUT2D eigenvalue weighted by atomic mass is 16.4. The molecule has 0 aromatic heterocycles. The molecular formula is C22H34O4. The summed E-state index contributed by atoms with van der Waals surface area (Å²) in [6.45, 7) is 12.9. The summed E-state index contributed by atoms with van der Waals surface area (Å²) < 4.78 is 0. The molecule has 146 valence electrons. The number of carboxylic acids is 2. The molecule has 0 aliphatic heterocycles. The number of carbonyl (C=O) groups is 2. The number of hydrogen-bond donors (Lipinski definition) is 2. The van der Waals surface area contributed by atoms with Crippen molar-refractivity contribution in [2.45, 2.75) is 67.2 Å². The Morgan fingerprint density at radius 1 is 0.808 bits per heavy atom. The third kappa shape index (κ3) is 5.33. The Labute approximate surface area is 157 Å². The summed E-state index contributed by atoms with van der Waals surface area (Å²) in [5.74, 6) is -0.643. The maximum absolute atomic E-state index is 11.9. The molecule has 2 N–H and O–H groups in total. The van der Waals surface area contributed by atoms with Gasteiger partial charge in [-0.3, -0.25) is 0 Å². The molecule has 0 aliphatic rings. The highest BCUT2D eigenvalue weighted by Crippen LogP contribution is 2.30. The first-order valence-electron chi connectivity index (χ1n) is 9.75. The zero-order chi connectivity index (χ0) is 20.0. The molecule has 0 amide bonds. The smallest absolute Gasteiger partial charge is 0.336 e. The molecule has 0 saturated heterocycles. The number of carboxylic acid groups (broad SMARTS) is 2. The van der Waals surface area contributed by atoms with Crippen LogP contribution in [0.3, 0.4) is 0 Å². The maximum Gasteiger partial charge on any atom is 0.336 e. The van der Waals surface area contributed by atoms with Gasteiger partial charge in [0.25, 0.3) is 0 Å². The van der Waals surface area contributed by atoms with Crippen LogP contribution in [0.2, 0.25) is 0 Å². The molecule has 1 aromatic carbocycles. The monoisotopic (exact) mass is 362 g/mol. The minimum absolute atomic E-state index is 0.0264. The summed E-state index contributed by atoms with van der Waals surface area (Å²) in [6.07, 6.45) is 3.46. The fraction of sp³-hybridized carbons (Fsp3) is 0.636. The number of rotatable bonds is 10. The Hall–Kier alpha value is -1.84. The predicted octanol–water partition coefficient (Wildman–Crippen LogP) is 5.53. The van der Waals surface area contributed by atoms with Gasteiger partial charge in [-0.2, -0.15) is 0 Å². The average Bonchev–Trinajstić information content (AvgIpc) is 2.60. The van der Waals surface area contributed by atoms with E-state index in [0.717, 1.165) is 24.8 Å². The zero-order valence-electron chi connectivity index (χ0n) is 17.0. The molecule has 26 heavy (non-hydrogen) atoms. The Balaban J connectivity index is 3.46. The van der Waals surface area contributed by atoms with Crippen LogP contribution >= 0.6 is 0 Å². The van der Waals surface area contributed by atoms with Gasteiger partial charge in [-0.1, -0.05) is 60.5 Å². The highest BCUT2D eigenvalue weighted by Gasteiger charge is 2.26. The molecule has 0 bridgehead atoms. The van der Waals surface area contributed by atoms with Crippen molar-refractivity contribution in [1.82, 2.24) is 0 Å². The van der Waals surface area contributed by atoms with Crippen molar-refractivity contribution in [1.29, 1.82) is 0 Å². The first-order chi connectivity index (χ1) is 12.1. The molecule has 4 nitrogen and oxygen atoms in total. The lowest BCUT2D eigenvalue weighted by atomic mass is 9.80. The topological polar surface area (TPSA) is 74.6 Å². The summed E-state index contributed by atoms with van der Waals surface area (Å²) in [5, 5.41) is 19.2. The van der Waals surface area contributed by atoms with Crippen molar-refractivity contribution in [2.75, 3.05) is 0 Å². The summed E-state index contributed by atoms with van der Waals surface area (Å²) >= 11 is 0. The van der Waals surface area contributed by atoms with Crippen LogP contribution < -0.4 is 0 Å². The van der Waals surface area contributed by atoms with E-state index in [4.69, 9.17) is 0 Å². The third-order valence-electron chi connectivity index (χ3n) is 6.15. The quantitative estimate of drug-likeness (QED) is 0.573. The van der Waals surface area contributed by atoms with Gasteiger partial charge in [0.15, 0.2) is 0 Å². The standard InChI is InChI=1S/C22H34O4/c1-7-13(3)15(5)11-17-9-10-18(21(23)24)20(22(25)26)19(17)12-16(6)14(4)8-2/h9-10,13-16H,7-8,11-12H2,1-6H3,(H,23,24)(H,25,26). The maximum atomic E-state index is 11.9. The van der Waals surface area contributed by atoms with E-state index in [0.29, 0.717) is 35.7 Å². The number of benzene rings is 1. The van der Waals surface area contributed by atoms with Gasteiger partial charge in [0.05, 0.1) is 11.1 Å². The van der Waals surface area contributed by atoms with E-state index < -0.39 is 11.9 Å². The molecule has 0 saturated carbocycles. The molecule has 0 spiro atoms. The van der Waals surface area contributed by atoms with Gasteiger partial charge in [-0.05, 0) is 53.7 Å². The molecule has 0 heterocycles. The second kappa shape index (κ2) is 9.75. The largest absolute Gasteiger partial charge is 0.478 e. The lowest BCUT2D eigenvalue weighted by Crippen LogP contribution is -2.20. The molecule has 4 unspecified atom stereocenters. The van der Waals surface area contributed by atoms with Gasteiger partial charge >= 0.3 is 11.9 Å². The first kappa shape index (κ1) is 22.2. The summed E-state index contributed by atoms with van der Waals surface area (Å²) in [6, 6.07) is 3.29. The number of hydrogen-bond acceptors (Lipinski definition) is 2. The first-order valence-corrected chi connectivity index (χ1v) is 9.75. The van der Waals surface area contributed by atoms with Crippen LogP contribution in [0, 0.1) is 23.7 Å². The Bertz CT molecular complexity index is 635. The molecule has 0 fully saturated rings. The van der Waals surface area contributed by atoms with Gasteiger partial charge in [-0.15, -0.1) is 0 Å². The van der Waals surface area contributed by atoms with Crippen LogP contribution in [0.25, 0.3) is 0 Å². The normalized spacial score (nSPS) is 15.9. The minimum atomic E-state index is -1.18. The fourth-order valence-electron chi connectivity index (χ4n) is 3.41. The minimum Gasteiger partial charge on any atom is -0.478 e. The van der Waals surface area contributed by atoms with Crippen LogP contribution in [-0.4, -0.2) is 22.2 Å². The van der Waals surface area contributed by atoms with Gasteiger partial charge in [0.1, 0.15) is 0 Å². The van der Waals surface area contributed by atoms with Crippen molar-refractivity contribution in [3.63, 3.8) is 0 Å². The Morgan fingerprint density at radius 2 is 1.31 bits per heavy atom. The van der Waals surface area contributed by atoms with Crippen LogP contribution in [0.5, 0.6) is 0 Å². The summed E-state index contributed by atoms with van der Waals surface area (Å²) in [7, 11) is 0. The molecule has 1 rings (SSSR count).